The van der Waals surface area contributed by atoms with E-state index >= 15 is 0 Å². The van der Waals surface area contributed by atoms with E-state index in [0.29, 0.717) is 0 Å². The highest BCUT2D eigenvalue weighted by Gasteiger charge is 2.34. The third kappa shape index (κ3) is 5.47. The van der Waals surface area contributed by atoms with Crippen molar-refractivity contribution in [3.63, 3.8) is 0 Å². The molecule has 0 aromatic heterocycles. The van der Waals surface area contributed by atoms with E-state index < -0.39 is 18.1 Å². The molecule has 3 N–H and O–H groups in total. The highest BCUT2D eigenvalue weighted by Crippen LogP contribution is 2.20. The first-order valence-electron chi connectivity index (χ1n) is 4.67. The van der Waals surface area contributed by atoms with Crippen molar-refractivity contribution < 1.29 is 19.0 Å². The maximum absolute atomic E-state index is 12.2. The Kier molecular flexibility index (Phi) is 5.48. The number of alkyl halides is 2. The van der Waals surface area contributed by atoms with E-state index in [9.17, 15) is 19.0 Å². The summed E-state index contributed by atoms with van der Waals surface area (Å²) in [6.07, 6.45) is -4.12. The van der Waals surface area contributed by atoms with E-state index in [1.54, 1.807) is 0 Å². The van der Waals surface area contributed by atoms with Crippen LogP contribution in [0.2, 0.25) is 0 Å². The Morgan fingerprint density at radius 1 is 1.36 bits per heavy atom. The van der Waals surface area contributed by atoms with Crippen LogP contribution in [0.5, 0.6) is 0 Å². The molecule has 0 radical (unpaired) electrons. The van der Waals surface area contributed by atoms with Crippen LogP contribution in [0.1, 0.15) is 27.2 Å². The topological polar surface area (TPSA) is 52.5 Å². The number of hydrogen-bond donors (Lipinski definition) is 3. The van der Waals surface area contributed by atoms with Crippen molar-refractivity contribution in [1.29, 1.82) is 0 Å². The lowest BCUT2D eigenvalue weighted by atomic mass is 9.99. The summed E-state index contributed by atoms with van der Waals surface area (Å²) < 4.78 is 24.4. The molecule has 3 nitrogen and oxygen atoms in total. The lowest BCUT2D eigenvalue weighted by Gasteiger charge is -2.25. The summed E-state index contributed by atoms with van der Waals surface area (Å²) in [5.74, 6) is 0. The molecule has 0 aromatic carbocycles. The lowest BCUT2D eigenvalue weighted by Crippen LogP contribution is -2.41. The second kappa shape index (κ2) is 5.58. The van der Waals surface area contributed by atoms with Crippen molar-refractivity contribution in [2.75, 3.05) is 6.54 Å². The van der Waals surface area contributed by atoms with Gasteiger partial charge in [-0.2, -0.15) is 0 Å². The van der Waals surface area contributed by atoms with Crippen molar-refractivity contribution in [3.8, 4) is 0 Å². The first kappa shape index (κ1) is 13.7. The normalized spacial score (nSPS) is 18.6. The van der Waals surface area contributed by atoms with Crippen molar-refractivity contribution in [2.24, 2.45) is 0 Å². The van der Waals surface area contributed by atoms with E-state index in [1.165, 1.54) is 0 Å². The molecule has 2 atom stereocenters. The van der Waals surface area contributed by atoms with E-state index in [2.05, 4.69) is 5.32 Å². The van der Waals surface area contributed by atoms with Gasteiger partial charge in [0, 0.05) is 19.0 Å². The third-order valence-corrected chi connectivity index (χ3v) is 1.88. The van der Waals surface area contributed by atoms with Crippen LogP contribution in [-0.4, -0.2) is 40.9 Å². The SMILES string of the molecule is CC(C)NC[C@@H](O)C[C@](C)(O)C(F)F. The molecule has 0 bridgehead atoms. The third-order valence-electron chi connectivity index (χ3n) is 1.88. The molecule has 5 heteroatoms. The number of nitrogens with one attached hydrogen (secondary N) is 1. The van der Waals surface area contributed by atoms with E-state index in [1.807, 2.05) is 13.8 Å². The number of rotatable bonds is 6. The smallest absolute Gasteiger partial charge is 0.266 e. The molecule has 14 heavy (non-hydrogen) atoms. The minimum Gasteiger partial charge on any atom is -0.392 e. The monoisotopic (exact) mass is 211 g/mol. The molecule has 0 amide bonds. The van der Waals surface area contributed by atoms with Gasteiger partial charge in [-0.3, -0.25) is 0 Å². The largest absolute Gasteiger partial charge is 0.392 e. The van der Waals surface area contributed by atoms with Gasteiger partial charge in [0.25, 0.3) is 6.43 Å². The van der Waals surface area contributed by atoms with Gasteiger partial charge in [0.1, 0.15) is 5.60 Å². The minimum atomic E-state index is -2.84. The first-order valence-corrected chi connectivity index (χ1v) is 4.67. The van der Waals surface area contributed by atoms with E-state index in [0.717, 1.165) is 6.92 Å². The molecule has 0 aliphatic rings. The van der Waals surface area contributed by atoms with Gasteiger partial charge in [0.2, 0.25) is 0 Å². The maximum Gasteiger partial charge on any atom is 0.266 e. The average molecular weight is 211 g/mol. The van der Waals surface area contributed by atoms with Crippen molar-refractivity contribution >= 4 is 0 Å². The molecule has 0 aromatic rings. The molecule has 86 valence electrons. The standard InChI is InChI=1S/C9H19F2NO2/c1-6(2)12-5-7(13)4-9(3,14)8(10)11/h6-8,12-14H,4-5H2,1-3H3/t7-,9-/m0/s1. The summed E-state index contributed by atoms with van der Waals surface area (Å²) in [6.45, 7) is 5.01. The van der Waals surface area contributed by atoms with Gasteiger partial charge in [-0.1, -0.05) is 13.8 Å². The Morgan fingerprint density at radius 3 is 2.21 bits per heavy atom. The van der Waals surface area contributed by atoms with E-state index in [4.69, 9.17) is 0 Å². The second-order valence-corrected chi connectivity index (χ2v) is 4.08. The summed E-state index contributed by atoms with van der Waals surface area (Å²) in [4.78, 5) is 0. The van der Waals surface area contributed by atoms with Crippen LogP contribution in [0.25, 0.3) is 0 Å². The molecule has 0 aliphatic carbocycles. The molecular weight excluding hydrogens is 192 g/mol. The zero-order chi connectivity index (χ0) is 11.4. The maximum atomic E-state index is 12.2. The highest BCUT2D eigenvalue weighted by atomic mass is 19.3. The van der Waals surface area contributed by atoms with Gasteiger partial charge in [-0.05, 0) is 6.92 Å². The van der Waals surface area contributed by atoms with Crippen LogP contribution < -0.4 is 5.32 Å². The molecule has 0 spiro atoms. The average Bonchev–Trinajstić information content (AvgIpc) is 1.99. The molecule has 0 heterocycles. The van der Waals surface area contributed by atoms with Gasteiger partial charge >= 0.3 is 0 Å². The Hall–Kier alpha value is -0.260. The molecule has 0 fully saturated rings. The van der Waals surface area contributed by atoms with Gasteiger partial charge in [-0.25, -0.2) is 8.78 Å². The Morgan fingerprint density at radius 2 is 1.86 bits per heavy atom. The quantitative estimate of drug-likeness (QED) is 0.607. The van der Waals surface area contributed by atoms with Gasteiger partial charge < -0.3 is 15.5 Å². The number of halogens is 2. The van der Waals surface area contributed by atoms with Crippen LogP contribution in [0, 0.1) is 0 Å². The molecule has 0 unspecified atom stereocenters. The van der Waals surface area contributed by atoms with Gasteiger partial charge in [-0.15, -0.1) is 0 Å². The molecule has 0 saturated heterocycles. The second-order valence-electron chi connectivity index (χ2n) is 4.08. The van der Waals surface area contributed by atoms with Crippen LogP contribution in [-0.2, 0) is 0 Å². The summed E-state index contributed by atoms with van der Waals surface area (Å²) >= 11 is 0. The van der Waals surface area contributed by atoms with Crippen LogP contribution in [0.3, 0.4) is 0 Å². The van der Waals surface area contributed by atoms with Gasteiger partial charge in [0.05, 0.1) is 6.10 Å². The van der Waals surface area contributed by atoms with Crippen molar-refractivity contribution in [3.05, 3.63) is 0 Å². The minimum absolute atomic E-state index is 0.182. The fourth-order valence-electron chi connectivity index (χ4n) is 1.01. The fraction of sp³-hybridized carbons (Fsp3) is 1.00. The van der Waals surface area contributed by atoms with Crippen LogP contribution in [0.15, 0.2) is 0 Å². The van der Waals surface area contributed by atoms with Crippen LogP contribution in [0.4, 0.5) is 8.78 Å². The molecule has 0 aliphatic heterocycles. The van der Waals surface area contributed by atoms with Crippen molar-refractivity contribution in [2.45, 2.75) is 51.4 Å². The first-order chi connectivity index (χ1) is 6.25. The Labute approximate surface area is 83.1 Å². The predicted octanol–water partition coefficient (Wildman–Crippen LogP) is 0.751. The zero-order valence-corrected chi connectivity index (χ0v) is 8.80. The Bertz CT molecular complexity index is 163. The number of aliphatic hydroxyl groups is 2. The summed E-state index contributed by atoms with van der Waals surface area (Å²) in [5.41, 5.74) is -2.11. The van der Waals surface area contributed by atoms with Crippen molar-refractivity contribution in [1.82, 2.24) is 5.32 Å². The molecule has 0 rings (SSSR count). The molecule has 0 saturated carbocycles. The summed E-state index contributed by atoms with van der Waals surface area (Å²) in [7, 11) is 0. The highest BCUT2D eigenvalue weighted by molar-refractivity contribution is 4.80. The zero-order valence-electron chi connectivity index (χ0n) is 8.80. The predicted molar refractivity (Wildman–Crippen MR) is 50.4 cm³/mol. The lowest BCUT2D eigenvalue weighted by molar-refractivity contribution is -0.105. The van der Waals surface area contributed by atoms with E-state index in [-0.39, 0.29) is 19.0 Å². The fourth-order valence-corrected chi connectivity index (χ4v) is 1.01. The summed E-state index contributed by atoms with van der Waals surface area (Å²) in [6, 6.07) is 0.182. The van der Waals surface area contributed by atoms with Gasteiger partial charge in [0.15, 0.2) is 0 Å². The van der Waals surface area contributed by atoms with Crippen LogP contribution >= 0.6 is 0 Å². The number of aliphatic hydroxyl groups excluding tert-OH is 1. The molecular formula is C9H19F2NO2. The summed E-state index contributed by atoms with van der Waals surface area (Å²) in [5, 5.41) is 21.4. The number of hydrogen-bond acceptors (Lipinski definition) is 3. The Balaban J connectivity index is 3.87.